The summed E-state index contributed by atoms with van der Waals surface area (Å²) in [4.78, 5) is 12.8. The topological polar surface area (TPSA) is 249 Å². The first-order valence-corrected chi connectivity index (χ1v) is 12.4. The summed E-state index contributed by atoms with van der Waals surface area (Å²) in [5, 5.41) is 90.5. The fourth-order valence-electron chi connectivity index (χ4n) is 4.61. The molecule has 0 amide bonds. The number of aliphatic hydroxyl groups excluding tert-OH is 6. The van der Waals surface area contributed by atoms with Gasteiger partial charge in [-0.05, 0) is 18.2 Å². The van der Waals surface area contributed by atoms with Gasteiger partial charge >= 0.3 is 0 Å². The van der Waals surface area contributed by atoms with E-state index in [1.54, 1.807) is 0 Å². The molecule has 15 nitrogen and oxygen atoms in total. The predicted octanol–water partition coefficient (Wildman–Crippen LogP) is -1.78. The minimum atomic E-state index is -1.77. The number of fused-ring (bicyclic) bond motifs is 1. The van der Waals surface area contributed by atoms with Gasteiger partial charge in [0.25, 0.3) is 0 Å². The standard InChI is InChI=1S/C26H28O15/c27-7-18-21(34)22(35)24(41-25-23(36)20(33)15(32)8-37-25)26(40-18)38-10-4-13(30)19-14(31)6-16(39-17(19)5-10)9-1-2-11(28)12(29)3-9/h1-6,15,18,20-30,32-36H,7-8H2/t15-,18-,20+,21+,22+,23+,24+,25+,26+/m0/s1. The van der Waals surface area contributed by atoms with Gasteiger partial charge < -0.3 is 69.3 Å². The van der Waals surface area contributed by atoms with Crippen molar-refractivity contribution in [2.45, 2.75) is 55.3 Å². The van der Waals surface area contributed by atoms with Crippen LogP contribution in [-0.2, 0) is 14.2 Å². The van der Waals surface area contributed by atoms with E-state index in [1.165, 1.54) is 18.2 Å². The zero-order valence-corrected chi connectivity index (χ0v) is 21.0. The molecule has 2 aromatic carbocycles. The molecular weight excluding hydrogens is 552 g/mol. The molecule has 222 valence electrons. The Balaban J connectivity index is 1.48. The maximum absolute atomic E-state index is 12.8. The molecule has 2 aliphatic rings. The lowest BCUT2D eigenvalue weighted by Gasteiger charge is -2.44. The zero-order valence-electron chi connectivity index (χ0n) is 21.0. The molecule has 0 bridgehead atoms. The lowest BCUT2D eigenvalue weighted by atomic mass is 9.98. The monoisotopic (exact) mass is 580 g/mol. The van der Waals surface area contributed by atoms with Crippen LogP contribution < -0.4 is 10.2 Å². The molecule has 2 saturated heterocycles. The summed E-state index contributed by atoms with van der Waals surface area (Å²) < 4.78 is 27.9. The van der Waals surface area contributed by atoms with Gasteiger partial charge in [-0.15, -0.1) is 0 Å². The molecule has 0 unspecified atom stereocenters. The van der Waals surface area contributed by atoms with Gasteiger partial charge in [-0.1, -0.05) is 0 Å². The Hall–Kier alpha value is -3.51. The van der Waals surface area contributed by atoms with Gasteiger partial charge in [0.1, 0.15) is 64.9 Å². The second kappa shape index (κ2) is 11.4. The van der Waals surface area contributed by atoms with Gasteiger partial charge in [0, 0.05) is 23.8 Å². The van der Waals surface area contributed by atoms with Gasteiger partial charge in [-0.25, -0.2) is 0 Å². The van der Waals surface area contributed by atoms with E-state index in [0.717, 1.165) is 18.2 Å². The highest BCUT2D eigenvalue weighted by Gasteiger charge is 2.50. The third-order valence-corrected chi connectivity index (χ3v) is 6.87. The minimum Gasteiger partial charge on any atom is -0.507 e. The summed E-state index contributed by atoms with van der Waals surface area (Å²) in [7, 11) is 0. The number of ether oxygens (including phenoxy) is 4. The molecule has 0 saturated carbocycles. The Morgan fingerprint density at radius 1 is 0.829 bits per heavy atom. The molecule has 5 rings (SSSR count). The molecular formula is C26H28O15. The van der Waals surface area contributed by atoms with E-state index >= 15 is 0 Å². The highest BCUT2D eigenvalue weighted by atomic mass is 16.8. The highest BCUT2D eigenvalue weighted by Crippen LogP contribution is 2.36. The fraction of sp³-hybridized carbons (Fsp3) is 0.423. The number of rotatable bonds is 6. The number of phenolic OH excluding ortho intramolecular Hbond substituents is 3. The Morgan fingerprint density at radius 3 is 2.29 bits per heavy atom. The molecule has 0 aliphatic carbocycles. The average molecular weight is 580 g/mol. The van der Waals surface area contributed by atoms with Crippen molar-refractivity contribution in [2.24, 2.45) is 0 Å². The largest absolute Gasteiger partial charge is 0.507 e. The van der Waals surface area contributed by atoms with Crippen LogP contribution in [0.1, 0.15) is 0 Å². The van der Waals surface area contributed by atoms with Crippen molar-refractivity contribution in [1.82, 2.24) is 0 Å². The van der Waals surface area contributed by atoms with E-state index in [0.29, 0.717) is 0 Å². The maximum atomic E-state index is 12.8. The number of aromatic hydroxyl groups is 3. The SMILES string of the molecule is O=c1cc(-c2ccc(O)c(O)c2)oc2cc(O[C@@H]3O[C@@H](CO)[C@@H](O)[C@@H](O)[C@H]3O[C@H]3OC[C@H](O)[C@@H](O)[C@H]3O)cc(O)c12. The molecule has 9 atom stereocenters. The normalized spacial score (nSPS) is 32.2. The summed E-state index contributed by atoms with van der Waals surface area (Å²) in [5.74, 6) is -1.60. The molecule has 3 aromatic rings. The molecule has 3 heterocycles. The van der Waals surface area contributed by atoms with Gasteiger partial charge in [0.05, 0.1) is 13.2 Å². The summed E-state index contributed by atoms with van der Waals surface area (Å²) in [6.07, 6.45) is -14.4. The second-order valence-electron chi connectivity index (χ2n) is 9.67. The van der Waals surface area contributed by atoms with E-state index in [4.69, 9.17) is 23.4 Å². The van der Waals surface area contributed by atoms with Crippen LogP contribution in [0.15, 0.2) is 45.6 Å². The van der Waals surface area contributed by atoms with Crippen molar-refractivity contribution in [2.75, 3.05) is 13.2 Å². The Kier molecular flexibility index (Phi) is 8.06. The molecule has 9 N–H and O–H groups in total. The van der Waals surface area contributed by atoms with Gasteiger partial charge in [-0.2, -0.15) is 0 Å². The molecule has 2 aliphatic heterocycles. The van der Waals surface area contributed by atoms with Gasteiger partial charge in [-0.3, -0.25) is 4.79 Å². The number of phenols is 3. The van der Waals surface area contributed by atoms with Crippen molar-refractivity contribution in [3.63, 3.8) is 0 Å². The van der Waals surface area contributed by atoms with Crippen LogP contribution in [0.4, 0.5) is 0 Å². The number of hydrogen-bond donors (Lipinski definition) is 9. The zero-order chi connectivity index (χ0) is 29.6. The van der Waals surface area contributed by atoms with Crippen molar-refractivity contribution >= 4 is 11.0 Å². The average Bonchev–Trinajstić information content (AvgIpc) is 2.93. The van der Waals surface area contributed by atoms with Crippen molar-refractivity contribution in [3.05, 3.63) is 46.6 Å². The van der Waals surface area contributed by atoms with Gasteiger partial charge in [0.15, 0.2) is 29.3 Å². The number of hydrogen-bond acceptors (Lipinski definition) is 15. The lowest BCUT2D eigenvalue weighted by Crippen LogP contribution is -2.63. The summed E-state index contributed by atoms with van der Waals surface area (Å²) in [6, 6.07) is 7.07. The molecule has 15 heteroatoms. The Morgan fingerprint density at radius 2 is 1.59 bits per heavy atom. The Bertz CT molecular complexity index is 1460. The van der Waals surface area contributed by atoms with Crippen LogP contribution in [0, 0.1) is 0 Å². The van der Waals surface area contributed by atoms with E-state index in [2.05, 4.69) is 0 Å². The van der Waals surface area contributed by atoms with E-state index in [1.807, 2.05) is 0 Å². The quantitative estimate of drug-likeness (QED) is 0.146. The number of aliphatic hydroxyl groups is 6. The van der Waals surface area contributed by atoms with E-state index < -0.39 is 85.4 Å². The minimum absolute atomic E-state index is 0.0208. The summed E-state index contributed by atoms with van der Waals surface area (Å²) in [6.45, 7) is -1.16. The molecule has 1 aromatic heterocycles. The maximum Gasteiger partial charge on any atom is 0.229 e. The predicted molar refractivity (Wildman–Crippen MR) is 134 cm³/mol. The van der Waals surface area contributed by atoms with Crippen LogP contribution in [0.3, 0.4) is 0 Å². The van der Waals surface area contributed by atoms with Crippen molar-refractivity contribution < 1.29 is 69.3 Å². The van der Waals surface area contributed by atoms with Crippen LogP contribution >= 0.6 is 0 Å². The van der Waals surface area contributed by atoms with E-state index in [-0.39, 0.29) is 33.8 Å². The smallest absolute Gasteiger partial charge is 0.229 e. The molecule has 0 spiro atoms. The third-order valence-electron chi connectivity index (χ3n) is 6.87. The molecule has 0 radical (unpaired) electrons. The molecule has 2 fully saturated rings. The third kappa shape index (κ3) is 5.54. The first-order valence-electron chi connectivity index (χ1n) is 12.4. The van der Waals surface area contributed by atoms with Crippen LogP contribution in [0.2, 0.25) is 0 Å². The van der Waals surface area contributed by atoms with Crippen molar-refractivity contribution in [1.29, 1.82) is 0 Å². The van der Waals surface area contributed by atoms with E-state index in [9.17, 15) is 50.8 Å². The summed E-state index contributed by atoms with van der Waals surface area (Å²) in [5.41, 5.74) is -0.572. The van der Waals surface area contributed by atoms with Crippen LogP contribution in [0.5, 0.6) is 23.0 Å². The van der Waals surface area contributed by atoms with Gasteiger partial charge in [0.2, 0.25) is 6.29 Å². The second-order valence-corrected chi connectivity index (χ2v) is 9.67. The molecule has 41 heavy (non-hydrogen) atoms. The van der Waals surface area contributed by atoms with Crippen molar-refractivity contribution in [3.8, 4) is 34.3 Å². The number of benzene rings is 2. The fourth-order valence-corrected chi connectivity index (χ4v) is 4.61. The summed E-state index contributed by atoms with van der Waals surface area (Å²) >= 11 is 0. The Labute approximate surface area is 230 Å². The highest BCUT2D eigenvalue weighted by molar-refractivity contribution is 5.86. The first kappa shape index (κ1) is 29.0. The lowest BCUT2D eigenvalue weighted by molar-refractivity contribution is -0.344. The first-order chi connectivity index (χ1) is 19.5. The van der Waals surface area contributed by atoms with Crippen LogP contribution in [0.25, 0.3) is 22.3 Å². The van der Waals surface area contributed by atoms with Crippen LogP contribution in [-0.4, -0.2) is 114 Å².